The lowest BCUT2D eigenvalue weighted by molar-refractivity contribution is -0.0598. The third-order valence-electron chi connectivity index (χ3n) is 6.50. The molecule has 4 rings (SSSR count). The van der Waals surface area contributed by atoms with Crippen molar-refractivity contribution in [1.82, 2.24) is 4.90 Å². The lowest BCUT2D eigenvalue weighted by Gasteiger charge is -2.43. The number of hydrogen-bond acceptors (Lipinski definition) is 4. The van der Waals surface area contributed by atoms with Gasteiger partial charge in [-0.2, -0.15) is 0 Å². The van der Waals surface area contributed by atoms with E-state index in [1.165, 1.54) is 19.3 Å². The fourth-order valence-corrected chi connectivity index (χ4v) is 4.58. The van der Waals surface area contributed by atoms with Crippen LogP contribution in [0, 0.1) is 11.6 Å². The molecule has 2 saturated heterocycles. The van der Waals surface area contributed by atoms with Crippen molar-refractivity contribution in [2.75, 3.05) is 31.1 Å². The minimum absolute atomic E-state index is 0.134. The molecule has 1 aromatic carbocycles. The van der Waals surface area contributed by atoms with Gasteiger partial charge in [0.05, 0.1) is 23.5 Å². The van der Waals surface area contributed by atoms with Gasteiger partial charge in [0.25, 0.3) is 0 Å². The molecule has 0 aromatic heterocycles. The summed E-state index contributed by atoms with van der Waals surface area (Å²) in [7, 11) is 0. The largest absolute Gasteiger partial charge is 0.478 e. The molecule has 1 N–H and O–H groups in total. The Balaban J connectivity index is 1.27. The predicted octanol–water partition coefficient (Wildman–Crippen LogP) is 3.67. The predicted molar refractivity (Wildman–Crippen MR) is 102 cm³/mol. The molecule has 2 heterocycles. The van der Waals surface area contributed by atoms with Crippen LogP contribution < -0.4 is 4.90 Å². The Bertz CT molecular complexity index is 710. The lowest BCUT2D eigenvalue weighted by atomic mass is 9.89. The monoisotopic (exact) mass is 394 g/mol. The standard InChI is InChI=1S/C21H28F2N2O3/c22-18-13-20(19(23)12-17(18)21(26)27)25-10-6-16(7-11-25)28-15-4-8-24(9-5-15)14-2-1-3-14/h12-16H,1-11H2,(H,26,27). The fourth-order valence-electron chi connectivity index (χ4n) is 4.58. The maximum Gasteiger partial charge on any atom is 0.338 e. The van der Waals surface area contributed by atoms with Gasteiger partial charge in [0, 0.05) is 38.3 Å². The molecule has 7 heteroatoms. The van der Waals surface area contributed by atoms with Crippen LogP contribution in [0.4, 0.5) is 14.5 Å². The molecule has 0 amide bonds. The summed E-state index contributed by atoms with van der Waals surface area (Å²) in [6.45, 7) is 3.39. The molecule has 0 radical (unpaired) electrons. The Hall–Kier alpha value is -1.73. The Morgan fingerprint density at radius 3 is 2.07 bits per heavy atom. The van der Waals surface area contributed by atoms with E-state index in [4.69, 9.17) is 9.84 Å². The van der Waals surface area contributed by atoms with Crippen molar-refractivity contribution < 1.29 is 23.4 Å². The van der Waals surface area contributed by atoms with Crippen LogP contribution >= 0.6 is 0 Å². The Labute approximate surface area is 164 Å². The van der Waals surface area contributed by atoms with E-state index in [2.05, 4.69) is 4.90 Å². The number of carbonyl (C=O) groups is 1. The SMILES string of the molecule is O=C(O)c1cc(F)c(N2CCC(OC3CCN(C4CCC4)CC3)CC2)cc1F. The number of piperidine rings is 2. The van der Waals surface area contributed by atoms with Gasteiger partial charge in [0.2, 0.25) is 0 Å². The van der Waals surface area contributed by atoms with Gasteiger partial charge in [-0.15, -0.1) is 0 Å². The van der Waals surface area contributed by atoms with Crippen LogP contribution in [0.2, 0.25) is 0 Å². The van der Waals surface area contributed by atoms with Gasteiger partial charge in [-0.25, -0.2) is 13.6 Å². The van der Waals surface area contributed by atoms with E-state index in [1.54, 1.807) is 4.90 Å². The fraction of sp³-hybridized carbons (Fsp3) is 0.667. The maximum atomic E-state index is 14.3. The third kappa shape index (κ3) is 4.15. The van der Waals surface area contributed by atoms with Gasteiger partial charge in [-0.3, -0.25) is 0 Å². The van der Waals surface area contributed by atoms with Crippen molar-refractivity contribution >= 4 is 11.7 Å². The summed E-state index contributed by atoms with van der Waals surface area (Å²) in [5.41, 5.74) is -0.498. The molecule has 0 bridgehead atoms. The molecule has 28 heavy (non-hydrogen) atoms. The van der Waals surface area contributed by atoms with Crippen LogP contribution in [-0.4, -0.2) is 60.4 Å². The minimum Gasteiger partial charge on any atom is -0.478 e. The Morgan fingerprint density at radius 1 is 0.929 bits per heavy atom. The highest BCUT2D eigenvalue weighted by Crippen LogP contribution is 2.30. The number of carboxylic acid groups (broad SMARTS) is 1. The average molecular weight is 394 g/mol. The lowest BCUT2D eigenvalue weighted by Crippen LogP contribution is -2.47. The molecular weight excluding hydrogens is 366 g/mol. The molecule has 1 aromatic rings. The number of benzene rings is 1. The van der Waals surface area contributed by atoms with E-state index in [-0.39, 0.29) is 11.8 Å². The van der Waals surface area contributed by atoms with Crippen LogP contribution in [0.15, 0.2) is 12.1 Å². The van der Waals surface area contributed by atoms with E-state index >= 15 is 0 Å². The average Bonchev–Trinajstić information content (AvgIpc) is 2.64. The summed E-state index contributed by atoms with van der Waals surface area (Å²) in [6.07, 6.45) is 8.20. The van der Waals surface area contributed by atoms with Crippen LogP contribution in [-0.2, 0) is 4.74 Å². The highest BCUT2D eigenvalue weighted by molar-refractivity contribution is 5.88. The molecule has 0 atom stereocenters. The molecule has 1 saturated carbocycles. The first-order valence-electron chi connectivity index (χ1n) is 10.4. The first-order chi connectivity index (χ1) is 13.5. The van der Waals surface area contributed by atoms with Gasteiger partial charge in [-0.1, -0.05) is 6.42 Å². The topological polar surface area (TPSA) is 53.0 Å². The summed E-state index contributed by atoms with van der Waals surface area (Å²) in [5, 5.41) is 8.91. The van der Waals surface area contributed by atoms with Crippen LogP contribution in [0.25, 0.3) is 0 Å². The highest BCUT2D eigenvalue weighted by Gasteiger charge is 2.31. The zero-order chi connectivity index (χ0) is 19.7. The van der Waals surface area contributed by atoms with Crippen molar-refractivity contribution in [3.05, 3.63) is 29.3 Å². The zero-order valence-electron chi connectivity index (χ0n) is 16.1. The van der Waals surface area contributed by atoms with E-state index in [9.17, 15) is 13.6 Å². The van der Waals surface area contributed by atoms with Crippen LogP contribution in [0.3, 0.4) is 0 Å². The number of rotatable bonds is 5. The molecule has 3 aliphatic rings. The number of ether oxygens (including phenoxy) is 1. The summed E-state index contributed by atoms with van der Waals surface area (Å²) in [6, 6.07) is 2.56. The normalized spacial score (nSPS) is 23.0. The van der Waals surface area contributed by atoms with Crippen molar-refractivity contribution in [3.8, 4) is 0 Å². The smallest absolute Gasteiger partial charge is 0.338 e. The zero-order valence-corrected chi connectivity index (χ0v) is 16.1. The quantitative estimate of drug-likeness (QED) is 0.826. The molecular formula is C21H28F2N2O3. The second-order valence-electron chi connectivity index (χ2n) is 8.23. The van der Waals surface area contributed by atoms with Crippen molar-refractivity contribution in [1.29, 1.82) is 0 Å². The van der Waals surface area contributed by atoms with Gasteiger partial charge in [0.15, 0.2) is 0 Å². The van der Waals surface area contributed by atoms with Gasteiger partial charge >= 0.3 is 5.97 Å². The molecule has 0 spiro atoms. The number of hydrogen-bond donors (Lipinski definition) is 1. The van der Waals surface area contributed by atoms with Crippen LogP contribution in [0.5, 0.6) is 0 Å². The summed E-state index contributed by atoms with van der Waals surface area (Å²) in [4.78, 5) is 15.3. The second-order valence-corrected chi connectivity index (χ2v) is 8.23. The van der Waals surface area contributed by atoms with Crippen molar-refractivity contribution in [3.63, 3.8) is 0 Å². The van der Waals surface area contributed by atoms with E-state index in [1.807, 2.05) is 0 Å². The number of carboxylic acids is 1. The van der Waals surface area contributed by atoms with Gasteiger partial charge in [0.1, 0.15) is 11.6 Å². The molecule has 5 nitrogen and oxygen atoms in total. The number of halogens is 2. The van der Waals surface area contributed by atoms with E-state index in [0.29, 0.717) is 19.2 Å². The van der Waals surface area contributed by atoms with Crippen molar-refractivity contribution in [2.45, 2.75) is 63.2 Å². The molecule has 154 valence electrons. The summed E-state index contributed by atoms with van der Waals surface area (Å²) in [5.74, 6) is -3.06. The highest BCUT2D eigenvalue weighted by atomic mass is 19.1. The number of aromatic carboxylic acids is 1. The second kappa shape index (κ2) is 8.33. The Morgan fingerprint density at radius 2 is 1.54 bits per heavy atom. The van der Waals surface area contributed by atoms with Crippen molar-refractivity contribution in [2.24, 2.45) is 0 Å². The van der Waals surface area contributed by atoms with Gasteiger partial charge < -0.3 is 19.6 Å². The Kier molecular flexibility index (Phi) is 5.83. The first kappa shape index (κ1) is 19.6. The summed E-state index contributed by atoms with van der Waals surface area (Å²) >= 11 is 0. The molecule has 1 aliphatic carbocycles. The van der Waals surface area contributed by atoms with E-state index < -0.39 is 23.2 Å². The number of anilines is 1. The maximum absolute atomic E-state index is 14.3. The van der Waals surface area contributed by atoms with Crippen LogP contribution in [0.1, 0.15) is 55.3 Å². The molecule has 0 unspecified atom stereocenters. The summed E-state index contributed by atoms with van der Waals surface area (Å²) < 4.78 is 34.5. The minimum atomic E-state index is -1.46. The first-order valence-corrected chi connectivity index (χ1v) is 10.4. The number of likely N-dealkylation sites (tertiary alicyclic amines) is 1. The number of nitrogens with zero attached hydrogens (tertiary/aromatic N) is 2. The van der Waals surface area contributed by atoms with Gasteiger partial charge in [-0.05, 0) is 44.6 Å². The molecule has 2 aliphatic heterocycles. The molecule has 3 fully saturated rings. The third-order valence-corrected chi connectivity index (χ3v) is 6.50. The van der Waals surface area contributed by atoms with E-state index in [0.717, 1.165) is 56.9 Å².